The molecule has 1 aromatic heterocycles. The summed E-state index contributed by atoms with van der Waals surface area (Å²) in [5, 5.41) is 8.62. The van der Waals surface area contributed by atoms with Gasteiger partial charge in [0, 0.05) is 19.2 Å². The molecule has 1 aromatic rings. The van der Waals surface area contributed by atoms with Crippen molar-refractivity contribution in [2.75, 3.05) is 0 Å². The number of hydrogen-bond donors (Lipinski definition) is 0. The first kappa shape index (κ1) is 9.53. The maximum atomic E-state index is 11.6. The zero-order valence-corrected chi connectivity index (χ0v) is 8.03. The van der Waals surface area contributed by atoms with Crippen LogP contribution >= 0.6 is 0 Å². The number of carbonyl (C=O) groups excluding carboxylic acids is 1. The van der Waals surface area contributed by atoms with Crippen LogP contribution in [0.5, 0.6) is 0 Å². The van der Waals surface area contributed by atoms with E-state index in [0.717, 1.165) is 0 Å². The average Bonchev–Trinajstić information content (AvgIpc) is 2.45. The highest BCUT2D eigenvalue weighted by molar-refractivity contribution is 5.96. The smallest absolute Gasteiger partial charge is 0.181 e. The number of hydrogen-bond acceptors (Lipinski definition) is 2. The number of aromatic nitrogens is 1. The van der Waals surface area contributed by atoms with Crippen LogP contribution in [-0.4, -0.2) is 10.4 Å². The number of rotatable bonds is 2. The zero-order valence-electron chi connectivity index (χ0n) is 8.03. The minimum atomic E-state index is -0.0276. The monoisotopic (exact) mass is 176 g/mol. The van der Waals surface area contributed by atoms with Gasteiger partial charge in [0.25, 0.3) is 0 Å². The number of nitrogens with zero attached hydrogens (tertiary/aromatic N) is 2. The van der Waals surface area contributed by atoms with Gasteiger partial charge in [-0.05, 0) is 6.07 Å². The quantitative estimate of drug-likeness (QED) is 0.644. The average molecular weight is 176 g/mol. The van der Waals surface area contributed by atoms with Gasteiger partial charge in [0.15, 0.2) is 5.78 Å². The Balaban J connectivity index is 3.09. The molecule has 0 atom stereocenters. The van der Waals surface area contributed by atoms with Crippen LogP contribution in [0.4, 0.5) is 0 Å². The molecule has 0 aliphatic rings. The zero-order chi connectivity index (χ0) is 10.0. The molecular formula is C10H12N2O. The van der Waals surface area contributed by atoms with Crippen LogP contribution in [0.25, 0.3) is 0 Å². The number of ketones is 1. The molecule has 1 heterocycles. The lowest BCUT2D eigenvalue weighted by Crippen LogP contribution is -2.11. The van der Waals surface area contributed by atoms with E-state index in [0.29, 0.717) is 11.3 Å². The van der Waals surface area contributed by atoms with Gasteiger partial charge in [-0.25, -0.2) is 0 Å². The second-order valence-corrected chi connectivity index (χ2v) is 3.36. The molecule has 1 rings (SSSR count). The molecule has 3 heteroatoms. The SMILES string of the molecule is CC(C)C(=O)c1cc(C#N)cn1C. The van der Waals surface area contributed by atoms with Gasteiger partial charge in [-0.15, -0.1) is 0 Å². The lowest BCUT2D eigenvalue weighted by molar-refractivity contribution is 0.0931. The molecule has 0 saturated carbocycles. The molecule has 0 saturated heterocycles. The van der Waals surface area contributed by atoms with Gasteiger partial charge in [0.1, 0.15) is 6.07 Å². The summed E-state index contributed by atoms with van der Waals surface area (Å²) in [6, 6.07) is 3.64. The number of aryl methyl sites for hydroxylation is 1. The molecular weight excluding hydrogens is 164 g/mol. The highest BCUT2D eigenvalue weighted by Crippen LogP contribution is 2.11. The summed E-state index contributed by atoms with van der Waals surface area (Å²) in [5.74, 6) is 0.0455. The Bertz CT molecular complexity index is 369. The predicted octanol–water partition coefficient (Wildman–Crippen LogP) is 1.74. The standard InChI is InChI=1S/C10H12N2O/c1-7(2)10(13)9-4-8(5-11)6-12(9)3/h4,6-7H,1-3H3. The van der Waals surface area contributed by atoms with Gasteiger partial charge in [-0.2, -0.15) is 5.26 Å². The first-order valence-electron chi connectivity index (χ1n) is 4.17. The van der Waals surface area contributed by atoms with Gasteiger partial charge in [-0.3, -0.25) is 4.79 Å². The number of nitriles is 1. The van der Waals surface area contributed by atoms with E-state index in [4.69, 9.17) is 5.26 Å². The second-order valence-electron chi connectivity index (χ2n) is 3.36. The van der Waals surface area contributed by atoms with Gasteiger partial charge in [0.2, 0.25) is 0 Å². The first-order valence-corrected chi connectivity index (χ1v) is 4.17. The van der Waals surface area contributed by atoms with Crippen molar-refractivity contribution in [1.29, 1.82) is 5.26 Å². The molecule has 0 N–H and O–H groups in total. The Morgan fingerprint density at radius 1 is 1.62 bits per heavy atom. The summed E-state index contributed by atoms with van der Waals surface area (Å²) in [4.78, 5) is 11.6. The van der Waals surface area contributed by atoms with Crippen molar-refractivity contribution in [3.63, 3.8) is 0 Å². The third-order valence-electron chi connectivity index (χ3n) is 1.91. The fourth-order valence-electron chi connectivity index (χ4n) is 1.17. The van der Waals surface area contributed by atoms with E-state index in [-0.39, 0.29) is 11.7 Å². The van der Waals surface area contributed by atoms with E-state index in [1.54, 1.807) is 23.9 Å². The Labute approximate surface area is 77.6 Å². The fraction of sp³-hybridized carbons (Fsp3) is 0.400. The number of carbonyl (C=O) groups is 1. The molecule has 0 aromatic carbocycles. The molecule has 13 heavy (non-hydrogen) atoms. The molecule has 0 fully saturated rings. The van der Waals surface area contributed by atoms with Gasteiger partial charge in [-0.1, -0.05) is 13.8 Å². The van der Waals surface area contributed by atoms with E-state index in [1.807, 2.05) is 19.9 Å². The molecule has 0 radical (unpaired) electrons. The Morgan fingerprint density at radius 2 is 2.23 bits per heavy atom. The normalized spacial score (nSPS) is 10.1. The molecule has 0 spiro atoms. The van der Waals surface area contributed by atoms with Crippen LogP contribution in [0.2, 0.25) is 0 Å². The Hall–Kier alpha value is -1.56. The highest BCUT2D eigenvalue weighted by Gasteiger charge is 2.14. The van der Waals surface area contributed by atoms with Crippen LogP contribution in [0.3, 0.4) is 0 Å². The minimum Gasteiger partial charge on any atom is -0.347 e. The Kier molecular flexibility index (Phi) is 2.52. The van der Waals surface area contributed by atoms with Crippen molar-refractivity contribution in [1.82, 2.24) is 4.57 Å². The lowest BCUT2D eigenvalue weighted by Gasteiger charge is -2.03. The van der Waals surface area contributed by atoms with Crippen LogP contribution in [0, 0.1) is 17.2 Å². The van der Waals surface area contributed by atoms with E-state index in [1.165, 1.54) is 0 Å². The summed E-state index contributed by atoms with van der Waals surface area (Å²) >= 11 is 0. The topological polar surface area (TPSA) is 45.8 Å². The van der Waals surface area contributed by atoms with E-state index in [9.17, 15) is 4.79 Å². The molecule has 68 valence electrons. The van der Waals surface area contributed by atoms with Crippen LogP contribution in [-0.2, 0) is 7.05 Å². The summed E-state index contributed by atoms with van der Waals surface area (Å²) < 4.78 is 1.70. The first-order chi connectivity index (χ1) is 6.06. The molecule has 0 bridgehead atoms. The maximum Gasteiger partial charge on any atom is 0.181 e. The molecule has 0 aliphatic heterocycles. The number of Topliss-reactive ketones (excluding diaryl/α,β-unsaturated/α-hetero) is 1. The van der Waals surface area contributed by atoms with Crippen LogP contribution < -0.4 is 0 Å². The van der Waals surface area contributed by atoms with Crippen molar-refractivity contribution in [3.8, 4) is 6.07 Å². The fourth-order valence-corrected chi connectivity index (χ4v) is 1.17. The van der Waals surface area contributed by atoms with E-state index in [2.05, 4.69) is 0 Å². The second kappa shape index (κ2) is 3.44. The summed E-state index contributed by atoms with van der Waals surface area (Å²) in [6.45, 7) is 3.70. The van der Waals surface area contributed by atoms with Crippen molar-refractivity contribution >= 4 is 5.78 Å². The third kappa shape index (κ3) is 1.78. The van der Waals surface area contributed by atoms with Crippen molar-refractivity contribution in [3.05, 3.63) is 23.5 Å². The van der Waals surface area contributed by atoms with Crippen LogP contribution in [0.15, 0.2) is 12.3 Å². The van der Waals surface area contributed by atoms with Crippen molar-refractivity contribution < 1.29 is 4.79 Å². The highest BCUT2D eigenvalue weighted by atomic mass is 16.1. The summed E-state index contributed by atoms with van der Waals surface area (Å²) in [7, 11) is 1.77. The maximum absolute atomic E-state index is 11.6. The molecule has 0 unspecified atom stereocenters. The predicted molar refractivity (Wildman–Crippen MR) is 49.3 cm³/mol. The van der Waals surface area contributed by atoms with Crippen molar-refractivity contribution in [2.45, 2.75) is 13.8 Å². The molecule has 3 nitrogen and oxygen atoms in total. The molecule has 0 aliphatic carbocycles. The third-order valence-corrected chi connectivity index (χ3v) is 1.91. The van der Waals surface area contributed by atoms with Gasteiger partial charge in [0.05, 0.1) is 11.3 Å². The lowest BCUT2D eigenvalue weighted by atomic mass is 10.1. The van der Waals surface area contributed by atoms with E-state index < -0.39 is 0 Å². The summed E-state index contributed by atoms with van der Waals surface area (Å²) in [6.07, 6.45) is 1.66. The summed E-state index contributed by atoms with van der Waals surface area (Å²) in [5.41, 5.74) is 1.14. The largest absolute Gasteiger partial charge is 0.347 e. The minimum absolute atomic E-state index is 0.0276. The Morgan fingerprint density at radius 3 is 2.62 bits per heavy atom. The van der Waals surface area contributed by atoms with Gasteiger partial charge >= 0.3 is 0 Å². The van der Waals surface area contributed by atoms with E-state index >= 15 is 0 Å². The van der Waals surface area contributed by atoms with Gasteiger partial charge < -0.3 is 4.57 Å². The van der Waals surface area contributed by atoms with Crippen LogP contribution in [0.1, 0.15) is 29.9 Å². The van der Waals surface area contributed by atoms with Crippen molar-refractivity contribution in [2.24, 2.45) is 13.0 Å². The molecule has 0 amide bonds.